The van der Waals surface area contributed by atoms with Gasteiger partial charge in [0.2, 0.25) is 0 Å². The Bertz CT molecular complexity index is 85.3. The first kappa shape index (κ1) is 11.1. The number of aliphatic hydroxyl groups excluding tert-OH is 2. The lowest BCUT2D eigenvalue weighted by molar-refractivity contribution is 0.203. The summed E-state index contributed by atoms with van der Waals surface area (Å²) in [5, 5.41) is 15.3. The second-order valence-electron chi connectivity index (χ2n) is 1.63. The summed E-state index contributed by atoms with van der Waals surface area (Å²) in [6.45, 7) is 0. The minimum absolute atomic E-state index is 0.962. The maximum Gasteiger partial charge on any atom is 0.145 e. The molecule has 0 heterocycles. The zero-order valence-electron chi connectivity index (χ0n) is 4.72. The second-order valence-corrected chi connectivity index (χ2v) is 3.54. The average molecular weight is 228 g/mol. The highest BCUT2D eigenvalue weighted by molar-refractivity contribution is 6.37. The van der Waals surface area contributed by atoms with Crippen LogP contribution in [0.15, 0.2) is 0 Å². The van der Waals surface area contributed by atoms with Crippen molar-refractivity contribution in [2.45, 2.75) is 21.9 Å². The highest BCUT2D eigenvalue weighted by Crippen LogP contribution is 2.21. The van der Waals surface area contributed by atoms with E-state index in [9.17, 15) is 0 Å². The number of alkyl halides is 4. The average Bonchev–Trinajstić information content (AvgIpc) is 1.84. The minimum atomic E-state index is -1.31. The number of rotatable bonds is 3. The lowest BCUT2D eigenvalue weighted by atomic mass is 10.3. The van der Waals surface area contributed by atoms with Crippen LogP contribution in [0.3, 0.4) is 0 Å². The van der Waals surface area contributed by atoms with Crippen LogP contribution in [-0.4, -0.2) is 32.1 Å². The largest absolute Gasteiger partial charge is 0.376 e. The molecule has 0 aliphatic heterocycles. The Hall–Kier alpha value is 1.08. The summed E-state index contributed by atoms with van der Waals surface area (Å²) in [6.07, 6.45) is 0. The Morgan fingerprint density at radius 2 is 0.900 bits per heavy atom. The highest BCUT2D eigenvalue weighted by Gasteiger charge is 2.27. The topological polar surface area (TPSA) is 40.5 Å². The molecule has 0 saturated heterocycles. The van der Waals surface area contributed by atoms with Crippen LogP contribution in [0, 0.1) is 0 Å². The number of aliphatic hydroxyl groups is 2. The van der Waals surface area contributed by atoms with Gasteiger partial charge in [0.15, 0.2) is 0 Å². The first-order chi connectivity index (χ1) is 4.46. The molecule has 0 bridgehead atoms. The molecule has 2 nitrogen and oxygen atoms in total. The van der Waals surface area contributed by atoms with Gasteiger partial charge in [0.05, 0.1) is 10.8 Å². The molecule has 0 saturated carbocycles. The molecule has 4 unspecified atom stereocenters. The molecule has 0 radical (unpaired) electrons. The van der Waals surface area contributed by atoms with E-state index in [1.165, 1.54) is 0 Å². The molecule has 0 aromatic heterocycles. The van der Waals surface area contributed by atoms with Crippen LogP contribution in [0.25, 0.3) is 0 Å². The van der Waals surface area contributed by atoms with Crippen LogP contribution in [0.2, 0.25) is 0 Å². The van der Waals surface area contributed by atoms with E-state index in [0.717, 1.165) is 0 Å². The van der Waals surface area contributed by atoms with Crippen molar-refractivity contribution in [3.63, 3.8) is 0 Å². The lowest BCUT2D eigenvalue weighted by Gasteiger charge is -2.17. The van der Waals surface area contributed by atoms with Gasteiger partial charge >= 0.3 is 0 Å². The van der Waals surface area contributed by atoms with Gasteiger partial charge in [-0.1, -0.05) is 23.2 Å². The van der Waals surface area contributed by atoms with Crippen LogP contribution in [0.4, 0.5) is 0 Å². The molecule has 0 aliphatic carbocycles. The summed E-state index contributed by atoms with van der Waals surface area (Å²) in [6, 6.07) is 0. The van der Waals surface area contributed by atoms with Gasteiger partial charge in [-0.05, 0) is 0 Å². The van der Waals surface area contributed by atoms with Crippen molar-refractivity contribution in [3.05, 3.63) is 0 Å². The van der Waals surface area contributed by atoms with Crippen molar-refractivity contribution >= 4 is 46.4 Å². The Labute approximate surface area is 78.6 Å². The maximum absolute atomic E-state index is 8.62. The summed E-state index contributed by atoms with van der Waals surface area (Å²) in [4.78, 5) is 0. The van der Waals surface area contributed by atoms with Crippen molar-refractivity contribution < 1.29 is 10.2 Å². The Morgan fingerprint density at radius 3 is 1.00 bits per heavy atom. The number of hydrogen-bond acceptors (Lipinski definition) is 2. The molecule has 0 aliphatic rings. The SMILES string of the molecule is OC(Cl)C(Cl)C(Cl)C(O)Cl. The van der Waals surface area contributed by atoms with E-state index in [2.05, 4.69) is 0 Å². The van der Waals surface area contributed by atoms with Gasteiger partial charge < -0.3 is 10.2 Å². The van der Waals surface area contributed by atoms with Crippen LogP contribution >= 0.6 is 46.4 Å². The van der Waals surface area contributed by atoms with E-state index < -0.39 is 21.9 Å². The molecule has 6 heteroatoms. The molecule has 0 aromatic rings. The van der Waals surface area contributed by atoms with Crippen molar-refractivity contribution in [2.24, 2.45) is 0 Å². The predicted molar refractivity (Wildman–Crippen MR) is 43.0 cm³/mol. The molecule has 0 rings (SSSR count). The van der Waals surface area contributed by atoms with E-state index in [0.29, 0.717) is 0 Å². The van der Waals surface area contributed by atoms with Gasteiger partial charge in [0.1, 0.15) is 11.1 Å². The first-order valence-corrected chi connectivity index (χ1v) is 4.14. The first-order valence-electron chi connectivity index (χ1n) is 2.39. The van der Waals surface area contributed by atoms with E-state index in [4.69, 9.17) is 56.6 Å². The van der Waals surface area contributed by atoms with Crippen molar-refractivity contribution in [2.75, 3.05) is 0 Å². The van der Waals surface area contributed by atoms with E-state index in [1.54, 1.807) is 0 Å². The van der Waals surface area contributed by atoms with Crippen molar-refractivity contribution in [1.82, 2.24) is 0 Å². The zero-order valence-corrected chi connectivity index (χ0v) is 7.74. The molecule has 0 fully saturated rings. The molecule has 0 aromatic carbocycles. The van der Waals surface area contributed by atoms with Gasteiger partial charge in [0.25, 0.3) is 0 Å². The quantitative estimate of drug-likeness (QED) is 0.715. The van der Waals surface area contributed by atoms with Gasteiger partial charge in [0, 0.05) is 0 Å². The summed E-state index contributed by atoms with van der Waals surface area (Å²) >= 11 is 21.1. The Balaban J connectivity index is 3.81. The standard InChI is InChI=1S/C4H6Cl4O2/c5-1(3(7)9)2(6)4(8)10/h1-4,9-10H. The number of hydrogen-bond donors (Lipinski definition) is 2. The molecule has 0 amide bonds. The Morgan fingerprint density at radius 1 is 0.700 bits per heavy atom. The molecular formula is C4H6Cl4O2. The lowest BCUT2D eigenvalue weighted by Crippen LogP contribution is -2.31. The maximum atomic E-state index is 8.62. The van der Waals surface area contributed by atoms with E-state index in [-0.39, 0.29) is 0 Å². The van der Waals surface area contributed by atoms with Gasteiger partial charge in [-0.2, -0.15) is 0 Å². The van der Waals surface area contributed by atoms with E-state index in [1.807, 2.05) is 0 Å². The fourth-order valence-electron chi connectivity index (χ4n) is 0.303. The smallest absolute Gasteiger partial charge is 0.145 e. The fourth-order valence-corrected chi connectivity index (χ4v) is 1.04. The zero-order chi connectivity index (χ0) is 8.31. The molecule has 0 spiro atoms. The van der Waals surface area contributed by atoms with Crippen molar-refractivity contribution in [1.29, 1.82) is 0 Å². The molecule has 2 N–H and O–H groups in total. The summed E-state index contributed by atoms with van der Waals surface area (Å²) < 4.78 is 0. The third kappa shape index (κ3) is 3.46. The molecule has 62 valence electrons. The van der Waals surface area contributed by atoms with Crippen LogP contribution in [0.1, 0.15) is 0 Å². The van der Waals surface area contributed by atoms with E-state index >= 15 is 0 Å². The van der Waals surface area contributed by atoms with Crippen molar-refractivity contribution in [3.8, 4) is 0 Å². The monoisotopic (exact) mass is 226 g/mol. The van der Waals surface area contributed by atoms with Gasteiger partial charge in [-0.15, -0.1) is 23.2 Å². The summed E-state index contributed by atoms with van der Waals surface area (Å²) in [5.41, 5.74) is -2.62. The molecular weight excluding hydrogens is 222 g/mol. The molecule has 4 atom stereocenters. The third-order valence-corrected chi connectivity index (χ3v) is 2.78. The second kappa shape index (κ2) is 4.86. The van der Waals surface area contributed by atoms with Crippen LogP contribution in [-0.2, 0) is 0 Å². The van der Waals surface area contributed by atoms with Crippen LogP contribution in [0.5, 0.6) is 0 Å². The summed E-state index contributed by atoms with van der Waals surface area (Å²) in [5.74, 6) is 0. The minimum Gasteiger partial charge on any atom is -0.376 e. The number of halogens is 4. The fraction of sp³-hybridized carbons (Fsp3) is 1.00. The predicted octanol–water partition coefficient (Wildman–Crippen LogP) is 1.32. The Kier molecular flexibility index (Phi) is 5.38. The van der Waals surface area contributed by atoms with Gasteiger partial charge in [-0.3, -0.25) is 0 Å². The third-order valence-electron chi connectivity index (χ3n) is 0.830. The summed E-state index contributed by atoms with van der Waals surface area (Å²) in [7, 11) is 0. The van der Waals surface area contributed by atoms with Gasteiger partial charge in [-0.25, -0.2) is 0 Å². The highest BCUT2D eigenvalue weighted by atomic mass is 35.5. The normalized spacial score (nSPS) is 23.4. The molecule has 10 heavy (non-hydrogen) atoms. The van der Waals surface area contributed by atoms with Crippen LogP contribution < -0.4 is 0 Å².